The monoisotopic (exact) mass is 406 g/mol. The second kappa shape index (κ2) is 12.2. The van der Waals surface area contributed by atoms with Gasteiger partial charge in [0.25, 0.3) is 0 Å². The molecule has 0 atom stereocenters. The Morgan fingerprint density at radius 1 is 0.552 bits per heavy atom. The fourth-order valence-corrected chi connectivity index (χ4v) is 1.71. The highest BCUT2D eigenvalue weighted by Crippen LogP contribution is 2.08. The van der Waals surface area contributed by atoms with E-state index in [0.717, 1.165) is 0 Å². The number of hydrogen-bond acceptors (Lipinski definition) is 5. The van der Waals surface area contributed by atoms with Gasteiger partial charge in [0.05, 0.1) is 22.3 Å². The zero-order valence-corrected chi connectivity index (χ0v) is 15.1. The summed E-state index contributed by atoms with van der Waals surface area (Å²) in [5.74, 6) is -5.66. The molecule has 29 heavy (non-hydrogen) atoms. The van der Waals surface area contributed by atoms with Crippen LogP contribution in [-0.2, 0) is 4.79 Å². The molecule has 10 nitrogen and oxygen atoms in total. The number of carboxylic acids is 5. The van der Waals surface area contributed by atoms with Gasteiger partial charge in [0.15, 0.2) is 0 Å². The summed E-state index contributed by atoms with van der Waals surface area (Å²) < 4.78 is 0. The molecule has 0 aliphatic heterocycles. The molecule has 154 valence electrons. The summed E-state index contributed by atoms with van der Waals surface area (Å²) in [6, 6.07) is 11.0. The van der Waals surface area contributed by atoms with E-state index in [1.54, 1.807) is 6.92 Å². The van der Waals surface area contributed by atoms with Crippen LogP contribution in [0.15, 0.2) is 48.5 Å². The Labute approximate surface area is 164 Å². The van der Waals surface area contributed by atoms with Gasteiger partial charge >= 0.3 is 29.8 Å². The number of carboxylic acid groups (broad SMARTS) is 5. The van der Waals surface area contributed by atoms with Gasteiger partial charge in [-0.25, -0.2) is 19.2 Å². The predicted molar refractivity (Wildman–Crippen MR) is 98.6 cm³/mol. The summed E-state index contributed by atoms with van der Waals surface area (Å²) in [6.07, 6.45) is 0.222. The van der Waals surface area contributed by atoms with Gasteiger partial charge in [-0.3, -0.25) is 4.79 Å². The maximum Gasteiger partial charge on any atom is 0.336 e. The minimum atomic E-state index is -1.23. The summed E-state index contributed by atoms with van der Waals surface area (Å²) in [7, 11) is 0. The van der Waals surface area contributed by atoms with Crippen molar-refractivity contribution in [1.82, 2.24) is 0 Å². The second-order valence-electron chi connectivity index (χ2n) is 5.06. The van der Waals surface area contributed by atoms with Crippen molar-refractivity contribution in [3.05, 3.63) is 70.8 Å². The van der Waals surface area contributed by atoms with Gasteiger partial charge in [0.1, 0.15) is 0 Å². The van der Waals surface area contributed by atoms with Crippen LogP contribution in [0.25, 0.3) is 0 Å². The average molecular weight is 406 g/mol. The van der Waals surface area contributed by atoms with E-state index in [-0.39, 0.29) is 28.7 Å². The van der Waals surface area contributed by atoms with E-state index in [4.69, 9.17) is 25.5 Å². The molecule has 0 spiro atoms. The van der Waals surface area contributed by atoms with E-state index < -0.39 is 29.8 Å². The Morgan fingerprint density at radius 2 is 0.724 bits per heavy atom. The summed E-state index contributed by atoms with van der Waals surface area (Å²) >= 11 is 0. The Bertz CT molecular complexity index is 768. The van der Waals surface area contributed by atoms with Gasteiger partial charge in [-0.15, -0.1) is 0 Å². The molecule has 2 rings (SSSR count). The molecular weight excluding hydrogens is 388 g/mol. The van der Waals surface area contributed by atoms with Crippen LogP contribution >= 0.6 is 0 Å². The molecule has 0 saturated heterocycles. The van der Waals surface area contributed by atoms with Crippen LogP contribution in [0.3, 0.4) is 0 Å². The number of rotatable bonds is 5. The molecule has 0 saturated carbocycles. The lowest BCUT2D eigenvalue weighted by molar-refractivity contribution is -0.136. The Kier molecular flexibility index (Phi) is 10.5. The lowest BCUT2D eigenvalue weighted by Crippen LogP contribution is -2.06. The minimum absolute atomic E-state index is 0.190. The molecule has 2 aromatic rings. The highest BCUT2D eigenvalue weighted by atomic mass is 16.4. The van der Waals surface area contributed by atoms with E-state index >= 15 is 0 Å². The lowest BCUT2D eigenvalue weighted by Gasteiger charge is -1.98. The smallest absolute Gasteiger partial charge is 0.336 e. The molecule has 0 aliphatic carbocycles. The molecule has 2 aromatic carbocycles. The first-order valence-electron chi connectivity index (χ1n) is 7.85. The van der Waals surface area contributed by atoms with Crippen molar-refractivity contribution in [2.24, 2.45) is 0 Å². The predicted octanol–water partition coefficient (Wildman–Crippen LogP) is 2.65. The normalized spacial score (nSPS) is 9.00. The van der Waals surface area contributed by atoms with Crippen LogP contribution in [0, 0.1) is 0 Å². The zero-order valence-electron chi connectivity index (χ0n) is 15.1. The largest absolute Gasteiger partial charge is 0.481 e. The number of benzene rings is 2. The highest BCUT2D eigenvalue weighted by Gasteiger charge is 2.14. The molecule has 0 fully saturated rings. The van der Waals surface area contributed by atoms with Crippen molar-refractivity contribution in [3.63, 3.8) is 0 Å². The first-order chi connectivity index (χ1) is 13.5. The molecule has 0 aromatic heterocycles. The van der Waals surface area contributed by atoms with Gasteiger partial charge in [-0.05, 0) is 24.3 Å². The van der Waals surface area contributed by atoms with Crippen LogP contribution in [0.5, 0.6) is 0 Å². The van der Waals surface area contributed by atoms with Gasteiger partial charge in [-0.1, -0.05) is 31.2 Å². The maximum atomic E-state index is 10.5. The standard InChI is InChI=1S/2C8H6O4.C3H6O2/c2*9-7(10)5-3-1-2-4-6(5)8(11)12;1-2-3(4)5/h2*1-4H,(H,9,10)(H,11,12);2H2,1H3,(H,4,5). The third-order valence-corrected chi connectivity index (χ3v) is 3.08. The third kappa shape index (κ3) is 8.82. The summed E-state index contributed by atoms with van der Waals surface area (Å²) in [5.41, 5.74) is -0.759. The molecule has 0 bridgehead atoms. The number of aromatic carboxylic acids is 4. The van der Waals surface area contributed by atoms with Crippen molar-refractivity contribution in [1.29, 1.82) is 0 Å². The maximum absolute atomic E-state index is 10.5. The zero-order chi connectivity index (χ0) is 22.6. The number of carbonyl (C=O) groups is 5. The SMILES string of the molecule is CCC(=O)O.O=C(O)c1ccccc1C(=O)O.O=C(O)c1ccccc1C(=O)O. The summed E-state index contributed by atoms with van der Waals surface area (Å²) in [4.78, 5) is 51.2. The van der Waals surface area contributed by atoms with E-state index in [2.05, 4.69) is 0 Å². The van der Waals surface area contributed by atoms with Crippen LogP contribution in [0.4, 0.5) is 0 Å². The lowest BCUT2D eigenvalue weighted by atomic mass is 10.1. The fourth-order valence-electron chi connectivity index (χ4n) is 1.71. The van der Waals surface area contributed by atoms with Gasteiger partial charge in [-0.2, -0.15) is 0 Å². The average Bonchev–Trinajstić information content (AvgIpc) is 2.68. The number of aliphatic carboxylic acids is 1. The van der Waals surface area contributed by atoms with Crippen molar-refractivity contribution >= 4 is 29.8 Å². The Morgan fingerprint density at radius 3 is 0.828 bits per heavy atom. The van der Waals surface area contributed by atoms with E-state index in [0.29, 0.717) is 0 Å². The topological polar surface area (TPSA) is 186 Å². The molecule has 5 N–H and O–H groups in total. The minimum Gasteiger partial charge on any atom is -0.481 e. The highest BCUT2D eigenvalue weighted by molar-refractivity contribution is 6.02. The van der Waals surface area contributed by atoms with Crippen LogP contribution in [0.1, 0.15) is 54.8 Å². The molecule has 0 heterocycles. The second-order valence-corrected chi connectivity index (χ2v) is 5.06. The number of hydrogen-bond donors (Lipinski definition) is 5. The van der Waals surface area contributed by atoms with Gasteiger partial charge < -0.3 is 25.5 Å². The fraction of sp³-hybridized carbons (Fsp3) is 0.105. The summed E-state index contributed by atoms with van der Waals surface area (Å²) in [5, 5.41) is 41.9. The molecular formula is C19H18O10. The van der Waals surface area contributed by atoms with E-state index in [9.17, 15) is 24.0 Å². The Balaban J connectivity index is 0.000000442. The first kappa shape index (κ1) is 24.8. The molecule has 0 amide bonds. The van der Waals surface area contributed by atoms with Crippen molar-refractivity contribution < 1.29 is 49.5 Å². The van der Waals surface area contributed by atoms with E-state index in [1.807, 2.05) is 0 Å². The quantitative estimate of drug-likeness (QED) is 0.494. The molecule has 10 heteroatoms. The van der Waals surface area contributed by atoms with Crippen LogP contribution < -0.4 is 0 Å². The van der Waals surface area contributed by atoms with E-state index in [1.165, 1.54) is 48.5 Å². The van der Waals surface area contributed by atoms with Gasteiger partial charge in [0.2, 0.25) is 0 Å². The van der Waals surface area contributed by atoms with Crippen molar-refractivity contribution in [3.8, 4) is 0 Å². The van der Waals surface area contributed by atoms with Gasteiger partial charge in [0, 0.05) is 6.42 Å². The molecule has 0 radical (unpaired) electrons. The van der Waals surface area contributed by atoms with Crippen molar-refractivity contribution in [2.75, 3.05) is 0 Å². The van der Waals surface area contributed by atoms with Crippen molar-refractivity contribution in [2.45, 2.75) is 13.3 Å². The third-order valence-electron chi connectivity index (χ3n) is 3.08. The Hall–Kier alpha value is -4.21. The molecule has 0 unspecified atom stereocenters. The van der Waals surface area contributed by atoms with Crippen LogP contribution in [-0.4, -0.2) is 55.4 Å². The molecule has 0 aliphatic rings. The summed E-state index contributed by atoms with van der Waals surface area (Å²) in [6.45, 7) is 1.60. The first-order valence-corrected chi connectivity index (χ1v) is 7.85. The van der Waals surface area contributed by atoms with Crippen LogP contribution in [0.2, 0.25) is 0 Å².